The summed E-state index contributed by atoms with van der Waals surface area (Å²) in [7, 11) is 0. The number of hydrogen-bond acceptors (Lipinski definition) is 4. The molecule has 2 aromatic rings. The van der Waals surface area contributed by atoms with Gasteiger partial charge < -0.3 is 5.73 Å². The van der Waals surface area contributed by atoms with Crippen LogP contribution in [0.5, 0.6) is 0 Å². The molecular weight excluding hydrogens is 250 g/mol. The molecular formula is C15H23N5. The van der Waals surface area contributed by atoms with Crippen molar-refractivity contribution in [2.45, 2.75) is 52.1 Å². The van der Waals surface area contributed by atoms with E-state index in [9.17, 15) is 0 Å². The molecule has 5 heteroatoms. The van der Waals surface area contributed by atoms with Gasteiger partial charge in [0, 0.05) is 31.0 Å². The fourth-order valence-corrected chi connectivity index (χ4v) is 2.33. The van der Waals surface area contributed by atoms with E-state index in [0.717, 1.165) is 29.9 Å². The number of nitrogens with two attached hydrogens (primary N) is 1. The van der Waals surface area contributed by atoms with Crippen LogP contribution in [0.25, 0.3) is 11.3 Å². The zero-order valence-electron chi connectivity index (χ0n) is 12.1. The molecule has 0 aliphatic rings. The van der Waals surface area contributed by atoms with Gasteiger partial charge in [-0.3, -0.25) is 4.98 Å². The Labute approximate surface area is 120 Å². The molecule has 2 N–H and O–H groups in total. The van der Waals surface area contributed by atoms with E-state index in [0.29, 0.717) is 6.54 Å². The van der Waals surface area contributed by atoms with Crippen molar-refractivity contribution in [3.05, 3.63) is 30.2 Å². The lowest BCUT2D eigenvalue weighted by atomic mass is 10.1. The van der Waals surface area contributed by atoms with Gasteiger partial charge in [0.2, 0.25) is 0 Å². The van der Waals surface area contributed by atoms with Crippen LogP contribution in [0.15, 0.2) is 24.5 Å². The molecule has 0 saturated heterocycles. The van der Waals surface area contributed by atoms with Gasteiger partial charge in [-0.05, 0) is 18.6 Å². The minimum Gasteiger partial charge on any atom is -0.325 e. The average Bonchev–Trinajstić information content (AvgIpc) is 2.91. The molecule has 0 saturated carbocycles. The van der Waals surface area contributed by atoms with Gasteiger partial charge in [0.15, 0.2) is 0 Å². The van der Waals surface area contributed by atoms with Crippen molar-refractivity contribution in [3.8, 4) is 11.3 Å². The molecule has 0 spiro atoms. The van der Waals surface area contributed by atoms with Crippen molar-refractivity contribution in [1.82, 2.24) is 20.0 Å². The summed E-state index contributed by atoms with van der Waals surface area (Å²) in [6.07, 6.45) is 9.83. The molecule has 20 heavy (non-hydrogen) atoms. The van der Waals surface area contributed by atoms with Gasteiger partial charge in [-0.15, -0.1) is 5.10 Å². The molecule has 0 aromatic carbocycles. The van der Waals surface area contributed by atoms with Crippen LogP contribution in [0.1, 0.15) is 44.7 Å². The molecule has 0 fully saturated rings. The van der Waals surface area contributed by atoms with Crippen LogP contribution >= 0.6 is 0 Å². The Hall–Kier alpha value is -1.75. The van der Waals surface area contributed by atoms with Gasteiger partial charge >= 0.3 is 0 Å². The molecule has 2 rings (SSSR count). The van der Waals surface area contributed by atoms with Crippen molar-refractivity contribution in [2.75, 3.05) is 0 Å². The SMILES string of the molecule is CCCCCCCn1nnc(CN)c1-c1cccnc1. The number of rotatable bonds is 8. The van der Waals surface area contributed by atoms with E-state index in [1.807, 2.05) is 23.0 Å². The molecule has 108 valence electrons. The third-order valence-electron chi connectivity index (χ3n) is 3.41. The van der Waals surface area contributed by atoms with Crippen LogP contribution in [-0.2, 0) is 13.1 Å². The van der Waals surface area contributed by atoms with Gasteiger partial charge in [-0.25, -0.2) is 4.68 Å². The van der Waals surface area contributed by atoms with E-state index in [1.54, 1.807) is 6.20 Å². The predicted octanol–water partition coefficient (Wildman–Crippen LogP) is 2.77. The lowest BCUT2D eigenvalue weighted by Gasteiger charge is -2.07. The van der Waals surface area contributed by atoms with Crippen LogP contribution < -0.4 is 5.73 Å². The molecule has 0 amide bonds. The minimum atomic E-state index is 0.403. The second-order valence-corrected chi connectivity index (χ2v) is 4.97. The summed E-state index contributed by atoms with van der Waals surface area (Å²) < 4.78 is 1.96. The molecule has 0 aliphatic heterocycles. The number of pyridine rings is 1. The topological polar surface area (TPSA) is 69.6 Å². The van der Waals surface area contributed by atoms with Crippen LogP contribution in [0.3, 0.4) is 0 Å². The quantitative estimate of drug-likeness (QED) is 0.751. The average molecular weight is 273 g/mol. The number of unbranched alkanes of at least 4 members (excludes halogenated alkanes) is 4. The molecule has 2 aromatic heterocycles. The third kappa shape index (κ3) is 3.63. The summed E-state index contributed by atoms with van der Waals surface area (Å²) in [6.45, 7) is 3.52. The molecule has 0 atom stereocenters. The number of hydrogen-bond donors (Lipinski definition) is 1. The highest BCUT2D eigenvalue weighted by Crippen LogP contribution is 2.21. The summed E-state index contributed by atoms with van der Waals surface area (Å²) in [5, 5.41) is 8.43. The maximum atomic E-state index is 5.76. The summed E-state index contributed by atoms with van der Waals surface area (Å²) in [6, 6.07) is 3.95. The summed E-state index contributed by atoms with van der Waals surface area (Å²) in [4.78, 5) is 4.17. The van der Waals surface area contributed by atoms with E-state index in [1.165, 1.54) is 25.7 Å². The van der Waals surface area contributed by atoms with Gasteiger partial charge in [0.1, 0.15) is 5.69 Å². The zero-order chi connectivity index (χ0) is 14.2. The van der Waals surface area contributed by atoms with E-state index >= 15 is 0 Å². The first-order valence-corrected chi connectivity index (χ1v) is 7.39. The Morgan fingerprint density at radius 3 is 2.75 bits per heavy atom. The van der Waals surface area contributed by atoms with Gasteiger partial charge in [-0.2, -0.15) is 0 Å². The molecule has 0 unspecified atom stereocenters. The Morgan fingerprint density at radius 2 is 2.05 bits per heavy atom. The second kappa shape index (κ2) is 7.75. The Morgan fingerprint density at radius 1 is 1.20 bits per heavy atom. The van der Waals surface area contributed by atoms with Gasteiger partial charge in [0.05, 0.1) is 5.69 Å². The fraction of sp³-hybridized carbons (Fsp3) is 0.533. The summed E-state index contributed by atoms with van der Waals surface area (Å²) in [5.74, 6) is 0. The van der Waals surface area contributed by atoms with Gasteiger partial charge in [-0.1, -0.05) is 37.8 Å². The molecule has 2 heterocycles. The summed E-state index contributed by atoms with van der Waals surface area (Å²) in [5.41, 5.74) is 8.64. The van der Waals surface area contributed by atoms with Crippen molar-refractivity contribution >= 4 is 0 Å². The first-order valence-electron chi connectivity index (χ1n) is 7.39. The normalized spacial score (nSPS) is 10.9. The van der Waals surface area contributed by atoms with Crippen LogP contribution in [0.4, 0.5) is 0 Å². The lowest BCUT2D eigenvalue weighted by Crippen LogP contribution is -2.05. The Bertz CT molecular complexity index is 506. The van der Waals surface area contributed by atoms with Crippen LogP contribution in [0.2, 0.25) is 0 Å². The smallest absolute Gasteiger partial charge is 0.104 e. The second-order valence-electron chi connectivity index (χ2n) is 4.97. The molecule has 5 nitrogen and oxygen atoms in total. The first kappa shape index (κ1) is 14.7. The van der Waals surface area contributed by atoms with Crippen molar-refractivity contribution in [2.24, 2.45) is 5.73 Å². The largest absolute Gasteiger partial charge is 0.325 e. The lowest BCUT2D eigenvalue weighted by molar-refractivity contribution is 0.524. The van der Waals surface area contributed by atoms with Crippen molar-refractivity contribution < 1.29 is 0 Å². The highest BCUT2D eigenvalue weighted by atomic mass is 15.4. The van der Waals surface area contributed by atoms with E-state index < -0.39 is 0 Å². The van der Waals surface area contributed by atoms with Crippen molar-refractivity contribution in [1.29, 1.82) is 0 Å². The number of aromatic nitrogens is 4. The highest BCUT2D eigenvalue weighted by Gasteiger charge is 2.13. The third-order valence-corrected chi connectivity index (χ3v) is 3.41. The fourth-order valence-electron chi connectivity index (χ4n) is 2.33. The Balaban J connectivity index is 2.08. The van der Waals surface area contributed by atoms with E-state index in [2.05, 4.69) is 22.2 Å². The zero-order valence-corrected chi connectivity index (χ0v) is 12.1. The van der Waals surface area contributed by atoms with Crippen LogP contribution in [0, 0.1) is 0 Å². The minimum absolute atomic E-state index is 0.403. The maximum Gasteiger partial charge on any atom is 0.104 e. The number of nitrogens with zero attached hydrogens (tertiary/aromatic N) is 4. The number of aryl methyl sites for hydroxylation is 1. The van der Waals surface area contributed by atoms with Crippen molar-refractivity contribution in [3.63, 3.8) is 0 Å². The predicted molar refractivity (Wildman–Crippen MR) is 79.9 cm³/mol. The van der Waals surface area contributed by atoms with Gasteiger partial charge in [0.25, 0.3) is 0 Å². The van der Waals surface area contributed by atoms with E-state index in [-0.39, 0.29) is 0 Å². The first-order chi connectivity index (χ1) is 9.86. The monoisotopic (exact) mass is 273 g/mol. The Kier molecular flexibility index (Phi) is 5.68. The molecule has 0 bridgehead atoms. The van der Waals surface area contributed by atoms with Crippen LogP contribution in [-0.4, -0.2) is 20.0 Å². The van der Waals surface area contributed by atoms with E-state index in [4.69, 9.17) is 5.73 Å². The highest BCUT2D eigenvalue weighted by molar-refractivity contribution is 5.60. The maximum absolute atomic E-state index is 5.76. The molecule has 0 radical (unpaired) electrons. The molecule has 0 aliphatic carbocycles. The summed E-state index contributed by atoms with van der Waals surface area (Å²) >= 11 is 0. The standard InChI is InChI=1S/C15H23N5/c1-2-3-4-5-6-10-20-15(14(11-16)18-19-20)13-8-7-9-17-12-13/h7-9,12H,2-6,10-11,16H2,1H3.